The molecular weight excluding hydrogens is 258 g/mol. The van der Waals surface area contributed by atoms with Crippen LogP contribution in [0.15, 0.2) is 18.2 Å². The van der Waals surface area contributed by atoms with Crippen molar-refractivity contribution >= 4 is 0 Å². The van der Waals surface area contributed by atoms with Gasteiger partial charge in [-0.05, 0) is 29.7 Å². The first-order valence-electron chi connectivity index (χ1n) is 8.78. The van der Waals surface area contributed by atoms with E-state index in [-0.39, 0.29) is 0 Å². The molecule has 1 heterocycles. The summed E-state index contributed by atoms with van der Waals surface area (Å²) in [4.78, 5) is 0. The molecule has 1 aliphatic heterocycles. The first-order chi connectivity index (χ1) is 10.3. The van der Waals surface area contributed by atoms with E-state index in [1.807, 2.05) is 0 Å². The third-order valence-corrected chi connectivity index (χ3v) is 4.44. The molecule has 118 valence electrons. The van der Waals surface area contributed by atoms with Gasteiger partial charge in [-0.1, -0.05) is 70.6 Å². The quantitative estimate of drug-likeness (QED) is 0.604. The van der Waals surface area contributed by atoms with E-state index in [1.165, 1.54) is 61.6 Å². The minimum absolute atomic E-state index is 0.507. The molecule has 0 amide bonds. The van der Waals surface area contributed by atoms with E-state index < -0.39 is 0 Å². The zero-order valence-electron chi connectivity index (χ0n) is 13.8. The van der Waals surface area contributed by atoms with Crippen molar-refractivity contribution in [2.24, 2.45) is 0 Å². The highest BCUT2D eigenvalue weighted by Crippen LogP contribution is 2.26. The normalized spacial score (nSPS) is 15.1. The summed E-state index contributed by atoms with van der Waals surface area (Å²) in [6, 6.07) is 7.40. The Morgan fingerprint density at radius 1 is 1.00 bits per heavy atom. The van der Waals surface area contributed by atoms with E-state index in [0.717, 1.165) is 19.8 Å². The maximum atomic E-state index is 5.53. The predicted octanol–water partition coefficient (Wildman–Crippen LogP) is 5.12. The van der Waals surface area contributed by atoms with Gasteiger partial charge in [0.1, 0.15) is 0 Å². The third kappa shape index (κ3) is 5.12. The summed E-state index contributed by atoms with van der Waals surface area (Å²) in [7, 11) is 0. The van der Waals surface area contributed by atoms with E-state index in [2.05, 4.69) is 37.4 Å². The van der Waals surface area contributed by atoms with Crippen LogP contribution >= 0.6 is 0 Å². The molecule has 1 aromatic rings. The van der Waals surface area contributed by atoms with E-state index >= 15 is 0 Å². The second-order valence-electron chi connectivity index (χ2n) is 6.19. The van der Waals surface area contributed by atoms with Crippen molar-refractivity contribution in [1.29, 1.82) is 0 Å². The third-order valence-electron chi connectivity index (χ3n) is 4.44. The van der Waals surface area contributed by atoms with Gasteiger partial charge < -0.3 is 10.1 Å². The molecule has 1 aliphatic rings. The number of unbranched alkanes of at least 4 members (excludes halogenated alkanes) is 5. The summed E-state index contributed by atoms with van der Waals surface area (Å²) >= 11 is 0. The fourth-order valence-corrected chi connectivity index (χ4v) is 3.17. The maximum Gasteiger partial charge on any atom is 0.0725 e. The number of hydrogen-bond donors (Lipinski definition) is 1. The Morgan fingerprint density at radius 2 is 1.76 bits per heavy atom. The van der Waals surface area contributed by atoms with Crippen LogP contribution in [0.1, 0.15) is 81.5 Å². The second-order valence-corrected chi connectivity index (χ2v) is 6.19. The van der Waals surface area contributed by atoms with Gasteiger partial charge in [-0.25, -0.2) is 0 Å². The molecule has 0 aromatic heterocycles. The van der Waals surface area contributed by atoms with Gasteiger partial charge in [0.2, 0.25) is 0 Å². The van der Waals surface area contributed by atoms with Crippen LogP contribution in [0.3, 0.4) is 0 Å². The lowest BCUT2D eigenvalue weighted by atomic mass is 9.96. The van der Waals surface area contributed by atoms with Gasteiger partial charge in [-0.2, -0.15) is 0 Å². The number of nitrogens with one attached hydrogen (secondary N) is 1. The van der Waals surface area contributed by atoms with Gasteiger partial charge in [-0.3, -0.25) is 0 Å². The predicted molar refractivity (Wildman–Crippen MR) is 89.3 cm³/mol. The highest BCUT2D eigenvalue weighted by Gasteiger charge is 2.15. The zero-order valence-corrected chi connectivity index (χ0v) is 13.8. The monoisotopic (exact) mass is 289 g/mol. The lowest BCUT2D eigenvalue weighted by Crippen LogP contribution is -2.21. The first-order valence-corrected chi connectivity index (χ1v) is 8.78. The molecule has 0 saturated carbocycles. The van der Waals surface area contributed by atoms with E-state index in [9.17, 15) is 0 Å². The summed E-state index contributed by atoms with van der Waals surface area (Å²) < 4.78 is 5.53. The molecule has 0 spiro atoms. The van der Waals surface area contributed by atoms with Crippen molar-refractivity contribution in [1.82, 2.24) is 5.32 Å². The molecule has 2 heteroatoms. The molecule has 1 atom stereocenters. The lowest BCUT2D eigenvalue weighted by molar-refractivity contribution is 0.134. The molecule has 2 rings (SSSR count). The van der Waals surface area contributed by atoms with E-state index in [4.69, 9.17) is 4.74 Å². The summed E-state index contributed by atoms with van der Waals surface area (Å²) in [6.07, 6.45) is 9.46. The average Bonchev–Trinajstić information content (AvgIpc) is 2.97. The summed E-state index contributed by atoms with van der Waals surface area (Å²) in [5, 5.41) is 3.65. The van der Waals surface area contributed by atoms with Crippen molar-refractivity contribution in [3.63, 3.8) is 0 Å². The van der Waals surface area contributed by atoms with Crippen LogP contribution in [0, 0.1) is 0 Å². The van der Waals surface area contributed by atoms with Crippen LogP contribution < -0.4 is 5.32 Å². The molecular formula is C19H31NO. The fraction of sp³-hybridized carbons (Fsp3) is 0.684. The topological polar surface area (TPSA) is 21.3 Å². The smallest absolute Gasteiger partial charge is 0.0725 e. The van der Waals surface area contributed by atoms with Gasteiger partial charge in [-0.15, -0.1) is 0 Å². The molecule has 0 radical (unpaired) electrons. The molecule has 21 heavy (non-hydrogen) atoms. The van der Waals surface area contributed by atoms with Crippen LogP contribution in [0.4, 0.5) is 0 Å². The summed E-state index contributed by atoms with van der Waals surface area (Å²) in [5.41, 5.74) is 4.20. The summed E-state index contributed by atoms with van der Waals surface area (Å²) in [6.45, 7) is 7.09. The van der Waals surface area contributed by atoms with Gasteiger partial charge in [0.25, 0.3) is 0 Å². The molecule has 1 N–H and O–H groups in total. The number of rotatable bonds is 10. The van der Waals surface area contributed by atoms with Gasteiger partial charge >= 0.3 is 0 Å². The molecule has 0 aliphatic carbocycles. The minimum Gasteiger partial charge on any atom is -0.372 e. The van der Waals surface area contributed by atoms with Crippen molar-refractivity contribution in [2.45, 2.75) is 78.0 Å². The zero-order chi connectivity index (χ0) is 14.9. The van der Waals surface area contributed by atoms with Crippen molar-refractivity contribution in [3.05, 3.63) is 34.9 Å². The van der Waals surface area contributed by atoms with E-state index in [0.29, 0.717) is 6.04 Å². The number of hydrogen-bond acceptors (Lipinski definition) is 2. The van der Waals surface area contributed by atoms with Crippen molar-refractivity contribution in [3.8, 4) is 0 Å². The lowest BCUT2D eigenvalue weighted by Gasteiger charge is -2.19. The molecule has 0 bridgehead atoms. The van der Waals surface area contributed by atoms with Crippen LogP contribution in [0.2, 0.25) is 0 Å². The SMILES string of the molecule is CCCCCCCCC(NCC)c1ccc2c(c1)COC2. The van der Waals surface area contributed by atoms with E-state index in [1.54, 1.807) is 0 Å². The summed E-state index contributed by atoms with van der Waals surface area (Å²) in [5.74, 6) is 0. The number of fused-ring (bicyclic) bond motifs is 1. The molecule has 0 fully saturated rings. The Hall–Kier alpha value is -0.860. The van der Waals surface area contributed by atoms with Gasteiger partial charge in [0.15, 0.2) is 0 Å². The average molecular weight is 289 g/mol. The number of ether oxygens (including phenoxy) is 1. The largest absolute Gasteiger partial charge is 0.372 e. The fourth-order valence-electron chi connectivity index (χ4n) is 3.17. The minimum atomic E-state index is 0.507. The number of benzene rings is 1. The Labute approximate surface area is 130 Å². The molecule has 2 nitrogen and oxygen atoms in total. The van der Waals surface area contributed by atoms with Gasteiger partial charge in [0, 0.05) is 6.04 Å². The standard InChI is InChI=1S/C19H31NO/c1-3-5-6-7-8-9-10-19(20-4-2)16-11-12-17-14-21-15-18(17)13-16/h11-13,19-20H,3-10,14-15H2,1-2H3. The second kappa shape index (κ2) is 9.22. The highest BCUT2D eigenvalue weighted by molar-refractivity contribution is 5.34. The Kier molecular flexibility index (Phi) is 7.25. The van der Waals surface area contributed by atoms with Gasteiger partial charge in [0.05, 0.1) is 13.2 Å². The van der Waals surface area contributed by atoms with Crippen molar-refractivity contribution < 1.29 is 4.74 Å². The molecule has 0 saturated heterocycles. The van der Waals surface area contributed by atoms with Crippen LogP contribution in [-0.2, 0) is 18.0 Å². The molecule has 1 unspecified atom stereocenters. The molecule has 1 aromatic carbocycles. The highest BCUT2D eigenvalue weighted by atomic mass is 16.5. The van der Waals surface area contributed by atoms with Crippen LogP contribution in [-0.4, -0.2) is 6.54 Å². The maximum absolute atomic E-state index is 5.53. The Balaban J connectivity index is 1.83. The Morgan fingerprint density at radius 3 is 2.57 bits per heavy atom. The Bertz CT molecular complexity index is 416. The first kappa shape index (κ1) is 16.5. The van der Waals surface area contributed by atoms with Crippen LogP contribution in [0.25, 0.3) is 0 Å². The van der Waals surface area contributed by atoms with Crippen molar-refractivity contribution in [2.75, 3.05) is 6.54 Å². The van der Waals surface area contributed by atoms with Crippen LogP contribution in [0.5, 0.6) is 0 Å².